The van der Waals surface area contributed by atoms with E-state index in [1.165, 1.54) is 6.42 Å². The van der Waals surface area contributed by atoms with Gasteiger partial charge in [0.1, 0.15) is 0 Å². The molecule has 0 bridgehead atoms. The van der Waals surface area contributed by atoms with Crippen molar-refractivity contribution in [2.24, 2.45) is 10.7 Å². The van der Waals surface area contributed by atoms with Gasteiger partial charge in [-0.15, -0.1) is 0 Å². The SMILES string of the molecule is CCNC(=NCc1ccc(C(N)=O)cc1)NC(C)CCCN(CC)CC. The molecule has 1 unspecified atom stereocenters. The molecule has 1 aromatic carbocycles. The van der Waals surface area contributed by atoms with Gasteiger partial charge in [0.25, 0.3) is 0 Å². The summed E-state index contributed by atoms with van der Waals surface area (Å²) < 4.78 is 0. The molecule has 1 atom stereocenters. The fourth-order valence-corrected chi connectivity index (χ4v) is 2.73. The lowest BCUT2D eigenvalue weighted by Gasteiger charge is -2.21. The number of carbonyl (C=O) groups excluding carboxylic acids is 1. The number of guanidine groups is 1. The second-order valence-corrected chi connectivity index (χ2v) is 6.47. The molecule has 0 saturated heterocycles. The Morgan fingerprint density at radius 2 is 1.85 bits per heavy atom. The van der Waals surface area contributed by atoms with E-state index >= 15 is 0 Å². The van der Waals surface area contributed by atoms with Crippen LogP contribution in [0.3, 0.4) is 0 Å². The number of rotatable bonds is 11. The lowest BCUT2D eigenvalue weighted by Crippen LogP contribution is -2.42. The van der Waals surface area contributed by atoms with Crippen molar-refractivity contribution in [1.29, 1.82) is 0 Å². The molecule has 0 fully saturated rings. The third kappa shape index (κ3) is 8.34. The van der Waals surface area contributed by atoms with Crippen molar-refractivity contribution >= 4 is 11.9 Å². The smallest absolute Gasteiger partial charge is 0.248 e. The van der Waals surface area contributed by atoms with Crippen molar-refractivity contribution in [3.8, 4) is 0 Å². The van der Waals surface area contributed by atoms with Crippen LogP contribution in [0.1, 0.15) is 56.5 Å². The molecule has 1 rings (SSSR count). The summed E-state index contributed by atoms with van der Waals surface area (Å²) in [5, 5.41) is 6.76. The Labute approximate surface area is 158 Å². The first-order valence-electron chi connectivity index (χ1n) is 9.66. The molecular formula is C20H35N5O. The molecule has 0 spiro atoms. The van der Waals surface area contributed by atoms with Gasteiger partial charge in [-0.3, -0.25) is 4.79 Å². The maximum absolute atomic E-state index is 11.1. The zero-order valence-corrected chi connectivity index (χ0v) is 16.7. The highest BCUT2D eigenvalue weighted by atomic mass is 16.1. The zero-order valence-electron chi connectivity index (χ0n) is 16.7. The topological polar surface area (TPSA) is 82.7 Å². The number of primary amides is 1. The Hall–Kier alpha value is -2.08. The molecule has 6 heteroatoms. The highest BCUT2D eigenvalue weighted by Crippen LogP contribution is 2.05. The minimum Gasteiger partial charge on any atom is -0.366 e. The van der Waals surface area contributed by atoms with E-state index in [4.69, 9.17) is 5.73 Å². The van der Waals surface area contributed by atoms with Crippen LogP contribution < -0.4 is 16.4 Å². The van der Waals surface area contributed by atoms with E-state index in [1.807, 2.05) is 12.1 Å². The molecule has 0 aliphatic heterocycles. The van der Waals surface area contributed by atoms with Gasteiger partial charge in [0, 0.05) is 18.2 Å². The predicted molar refractivity (Wildman–Crippen MR) is 109 cm³/mol. The van der Waals surface area contributed by atoms with Gasteiger partial charge in [0.05, 0.1) is 6.54 Å². The van der Waals surface area contributed by atoms with Gasteiger partial charge in [0.2, 0.25) is 5.91 Å². The Kier molecular flexibility index (Phi) is 10.4. The third-order valence-electron chi connectivity index (χ3n) is 4.39. The average molecular weight is 362 g/mol. The van der Waals surface area contributed by atoms with E-state index in [-0.39, 0.29) is 0 Å². The highest BCUT2D eigenvalue weighted by molar-refractivity contribution is 5.92. The van der Waals surface area contributed by atoms with Crippen molar-refractivity contribution < 1.29 is 4.79 Å². The number of nitrogens with zero attached hydrogens (tertiary/aromatic N) is 2. The van der Waals surface area contributed by atoms with Gasteiger partial charge in [0.15, 0.2) is 5.96 Å². The average Bonchev–Trinajstić information content (AvgIpc) is 2.64. The van der Waals surface area contributed by atoms with E-state index < -0.39 is 5.91 Å². The summed E-state index contributed by atoms with van der Waals surface area (Å²) in [7, 11) is 0. The molecule has 0 saturated carbocycles. The maximum Gasteiger partial charge on any atom is 0.248 e. The van der Waals surface area contributed by atoms with Crippen LogP contribution in [-0.4, -0.2) is 49.0 Å². The molecule has 0 heterocycles. The summed E-state index contributed by atoms with van der Waals surface area (Å²) in [5.74, 6) is 0.412. The largest absolute Gasteiger partial charge is 0.366 e. The summed E-state index contributed by atoms with van der Waals surface area (Å²) in [6, 6.07) is 7.62. The number of benzene rings is 1. The summed E-state index contributed by atoms with van der Waals surface area (Å²) in [4.78, 5) is 18.2. The van der Waals surface area contributed by atoms with E-state index in [2.05, 4.69) is 48.2 Å². The molecule has 1 amide bonds. The minimum absolute atomic E-state index is 0.362. The fourth-order valence-electron chi connectivity index (χ4n) is 2.73. The van der Waals surface area contributed by atoms with E-state index in [0.29, 0.717) is 18.2 Å². The first kappa shape index (κ1) is 22.0. The summed E-state index contributed by atoms with van der Waals surface area (Å²) in [5.41, 5.74) is 6.83. The lowest BCUT2D eigenvalue weighted by molar-refractivity contribution is 0.100. The van der Waals surface area contributed by atoms with Crippen molar-refractivity contribution in [2.75, 3.05) is 26.2 Å². The maximum atomic E-state index is 11.1. The van der Waals surface area contributed by atoms with E-state index in [0.717, 1.165) is 44.1 Å². The number of carbonyl (C=O) groups is 1. The van der Waals surface area contributed by atoms with Crippen molar-refractivity contribution in [3.63, 3.8) is 0 Å². The van der Waals surface area contributed by atoms with E-state index in [9.17, 15) is 4.79 Å². The number of aliphatic imine (C=N–C) groups is 1. The normalized spacial score (nSPS) is 12.9. The highest BCUT2D eigenvalue weighted by Gasteiger charge is 2.07. The van der Waals surface area contributed by atoms with Crippen LogP contribution in [0.25, 0.3) is 0 Å². The van der Waals surface area contributed by atoms with Gasteiger partial charge >= 0.3 is 0 Å². The molecular weight excluding hydrogens is 326 g/mol. The predicted octanol–water partition coefficient (Wildman–Crippen LogP) is 2.35. The van der Waals surface area contributed by atoms with Gasteiger partial charge in [-0.05, 0) is 64.0 Å². The first-order chi connectivity index (χ1) is 12.5. The fraction of sp³-hybridized carbons (Fsp3) is 0.600. The summed E-state index contributed by atoms with van der Waals surface area (Å²) in [6.07, 6.45) is 2.28. The second kappa shape index (κ2) is 12.3. The molecule has 0 aromatic heterocycles. The molecule has 0 aliphatic rings. The Morgan fingerprint density at radius 3 is 2.38 bits per heavy atom. The zero-order chi connectivity index (χ0) is 19.4. The number of hydrogen-bond acceptors (Lipinski definition) is 3. The molecule has 1 aromatic rings. The molecule has 0 radical (unpaired) electrons. The quantitative estimate of drug-likeness (QED) is 0.417. The Bertz CT molecular complexity index is 552. The van der Waals surface area contributed by atoms with Crippen LogP contribution in [0, 0.1) is 0 Å². The van der Waals surface area contributed by atoms with Crippen LogP contribution in [-0.2, 0) is 6.54 Å². The lowest BCUT2D eigenvalue weighted by atomic mass is 10.1. The summed E-state index contributed by atoms with van der Waals surface area (Å²) in [6.45, 7) is 13.4. The monoisotopic (exact) mass is 361 g/mol. The first-order valence-corrected chi connectivity index (χ1v) is 9.66. The molecule has 146 valence electrons. The van der Waals surface area contributed by atoms with Gasteiger partial charge < -0.3 is 21.3 Å². The van der Waals surface area contributed by atoms with Crippen molar-refractivity contribution in [2.45, 2.75) is 53.1 Å². The standard InChI is InChI=1S/C20H35N5O/c1-5-22-20(24-16(4)9-8-14-25(6-2)7-3)23-15-17-10-12-18(13-11-17)19(21)26/h10-13,16H,5-9,14-15H2,1-4H3,(H2,21,26)(H2,22,23,24). The summed E-state index contributed by atoms with van der Waals surface area (Å²) >= 11 is 0. The Balaban J connectivity index is 2.52. The number of hydrogen-bond donors (Lipinski definition) is 3. The second-order valence-electron chi connectivity index (χ2n) is 6.47. The Morgan fingerprint density at radius 1 is 1.19 bits per heavy atom. The third-order valence-corrected chi connectivity index (χ3v) is 4.39. The van der Waals surface area contributed by atoms with Crippen molar-refractivity contribution in [3.05, 3.63) is 35.4 Å². The molecule has 4 N–H and O–H groups in total. The van der Waals surface area contributed by atoms with Crippen LogP contribution in [0.15, 0.2) is 29.3 Å². The number of nitrogens with two attached hydrogens (primary N) is 1. The van der Waals surface area contributed by atoms with Crippen LogP contribution >= 0.6 is 0 Å². The number of amides is 1. The molecule has 6 nitrogen and oxygen atoms in total. The van der Waals surface area contributed by atoms with Crippen LogP contribution in [0.5, 0.6) is 0 Å². The van der Waals surface area contributed by atoms with Gasteiger partial charge in [-0.25, -0.2) is 4.99 Å². The van der Waals surface area contributed by atoms with Crippen molar-refractivity contribution in [1.82, 2.24) is 15.5 Å². The van der Waals surface area contributed by atoms with Gasteiger partial charge in [-0.1, -0.05) is 26.0 Å². The van der Waals surface area contributed by atoms with Gasteiger partial charge in [-0.2, -0.15) is 0 Å². The molecule has 0 aliphatic carbocycles. The number of nitrogens with one attached hydrogen (secondary N) is 2. The van der Waals surface area contributed by atoms with Crippen LogP contribution in [0.4, 0.5) is 0 Å². The van der Waals surface area contributed by atoms with E-state index in [1.54, 1.807) is 12.1 Å². The van der Waals surface area contributed by atoms with Crippen LogP contribution in [0.2, 0.25) is 0 Å². The molecule has 26 heavy (non-hydrogen) atoms. The minimum atomic E-state index is -0.409.